The largest absolute Gasteiger partial charge is 0.370 e. The Morgan fingerprint density at radius 2 is 1.94 bits per heavy atom. The van der Waals surface area contributed by atoms with Gasteiger partial charge in [-0.15, -0.1) is 0 Å². The summed E-state index contributed by atoms with van der Waals surface area (Å²) < 4.78 is 0. The minimum atomic E-state index is 0.600. The van der Waals surface area contributed by atoms with Crippen LogP contribution in [0.2, 0.25) is 0 Å². The summed E-state index contributed by atoms with van der Waals surface area (Å²) in [5, 5.41) is 6.80. The van der Waals surface area contributed by atoms with Crippen molar-refractivity contribution in [3.63, 3.8) is 0 Å². The molecule has 0 radical (unpaired) electrons. The molecule has 1 heterocycles. The maximum atomic E-state index is 4.27. The standard InChI is InChI=1S/C13H22N4/c1-10(2)8-14-12-7-13(16-9-15-12)17-11-5-3-4-6-11/h7,9-11H,3-6,8H2,1-2H3,(H2,14,15,16,17). The van der Waals surface area contributed by atoms with Crippen molar-refractivity contribution < 1.29 is 0 Å². The van der Waals surface area contributed by atoms with E-state index in [2.05, 4.69) is 34.4 Å². The Labute approximate surface area is 103 Å². The normalized spacial score (nSPS) is 16.4. The average Bonchev–Trinajstić information content (AvgIpc) is 2.80. The minimum Gasteiger partial charge on any atom is -0.370 e. The molecule has 0 bridgehead atoms. The van der Waals surface area contributed by atoms with Gasteiger partial charge in [-0.3, -0.25) is 0 Å². The van der Waals surface area contributed by atoms with E-state index in [4.69, 9.17) is 0 Å². The van der Waals surface area contributed by atoms with Gasteiger partial charge in [-0.25, -0.2) is 9.97 Å². The molecule has 0 amide bonds. The number of anilines is 2. The fourth-order valence-electron chi connectivity index (χ4n) is 2.12. The predicted octanol–water partition coefficient (Wildman–Crippen LogP) is 2.90. The lowest BCUT2D eigenvalue weighted by molar-refractivity contribution is 0.686. The monoisotopic (exact) mass is 234 g/mol. The molecule has 0 spiro atoms. The Kier molecular flexibility index (Phi) is 4.18. The molecule has 2 N–H and O–H groups in total. The molecule has 1 saturated carbocycles. The Balaban J connectivity index is 1.91. The summed E-state index contributed by atoms with van der Waals surface area (Å²) in [6.07, 6.45) is 6.82. The number of hydrogen-bond donors (Lipinski definition) is 2. The summed E-state index contributed by atoms with van der Waals surface area (Å²) >= 11 is 0. The zero-order chi connectivity index (χ0) is 12.1. The van der Waals surface area contributed by atoms with Gasteiger partial charge in [0.05, 0.1) is 0 Å². The first-order valence-electron chi connectivity index (χ1n) is 6.56. The molecule has 0 aliphatic heterocycles. The van der Waals surface area contributed by atoms with Crippen LogP contribution in [0.5, 0.6) is 0 Å². The van der Waals surface area contributed by atoms with Gasteiger partial charge in [-0.05, 0) is 18.8 Å². The zero-order valence-corrected chi connectivity index (χ0v) is 10.7. The topological polar surface area (TPSA) is 49.8 Å². The highest BCUT2D eigenvalue weighted by molar-refractivity contribution is 5.47. The van der Waals surface area contributed by atoms with Crippen molar-refractivity contribution in [3.05, 3.63) is 12.4 Å². The van der Waals surface area contributed by atoms with E-state index in [0.717, 1.165) is 18.2 Å². The fourth-order valence-corrected chi connectivity index (χ4v) is 2.12. The summed E-state index contributed by atoms with van der Waals surface area (Å²) in [4.78, 5) is 8.49. The molecule has 0 unspecified atom stereocenters. The minimum absolute atomic E-state index is 0.600. The lowest BCUT2D eigenvalue weighted by atomic mass is 10.2. The fraction of sp³-hybridized carbons (Fsp3) is 0.692. The van der Waals surface area contributed by atoms with Crippen LogP contribution in [0.4, 0.5) is 11.6 Å². The second kappa shape index (κ2) is 5.84. The van der Waals surface area contributed by atoms with Crippen LogP contribution in [-0.4, -0.2) is 22.6 Å². The van der Waals surface area contributed by atoms with Gasteiger partial charge in [-0.2, -0.15) is 0 Å². The van der Waals surface area contributed by atoms with Crippen LogP contribution in [0.3, 0.4) is 0 Å². The molecule has 94 valence electrons. The van der Waals surface area contributed by atoms with Crippen molar-refractivity contribution >= 4 is 11.6 Å². The van der Waals surface area contributed by atoms with E-state index in [0.29, 0.717) is 12.0 Å². The number of rotatable bonds is 5. The van der Waals surface area contributed by atoms with E-state index in [9.17, 15) is 0 Å². The van der Waals surface area contributed by atoms with Crippen molar-refractivity contribution in [2.75, 3.05) is 17.2 Å². The highest BCUT2D eigenvalue weighted by atomic mass is 15.1. The molecule has 2 rings (SSSR count). The van der Waals surface area contributed by atoms with Gasteiger partial charge in [-0.1, -0.05) is 26.7 Å². The van der Waals surface area contributed by atoms with E-state index in [1.807, 2.05) is 6.07 Å². The summed E-state index contributed by atoms with van der Waals surface area (Å²) in [6.45, 7) is 5.32. The quantitative estimate of drug-likeness (QED) is 0.822. The molecule has 0 atom stereocenters. The third-order valence-corrected chi connectivity index (χ3v) is 3.07. The van der Waals surface area contributed by atoms with Gasteiger partial charge in [0.15, 0.2) is 0 Å². The lowest BCUT2D eigenvalue weighted by Crippen LogP contribution is -2.16. The van der Waals surface area contributed by atoms with Crippen LogP contribution in [-0.2, 0) is 0 Å². The second-order valence-corrected chi connectivity index (χ2v) is 5.19. The highest BCUT2D eigenvalue weighted by Gasteiger charge is 2.14. The van der Waals surface area contributed by atoms with Crippen molar-refractivity contribution in [3.8, 4) is 0 Å². The van der Waals surface area contributed by atoms with Gasteiger partial charge in [0.1, 0.15) is 18.0 Å². The molecule has 1 aromatic heterocycles. The van der Waals surface area contributed by atoms with E-state index in [1.54, 1.807) is 6.33 Å². The molecule has 1 aliphatic carbocycles. The van der Waals surface area contributed by atoms with Crippen molar-refractivity contribution in [1.29, 1.82) is 0 Å². The molecular weight excluding hydrogens is 212 g/mol. The molecule has 1 aromatic rings. The van der Waals surface area contributed by atoms with Gasteiger partial charge in [0.25, 0.3) is 0 Å². The molecule has 0 saturated heterocycles. The Hall–Kier alpha value is -1.32. The third-order valence-electron chi connectivity index (χ3n) is 3.07. The molecule has 4 heteroatoms. The zero-order valence-electron chi connectivity index (χ0n) is 10.7. The van der Waals surface area contributed by atoms with Crippen molar-refractivity contribution in [1.82, 2.24) is 9.97 Å². The van der Waals surface area contributed by atoms with Crippen molar-refractivity contribution in [2.45, 2.75) is 45.6 Å². The summed E-state index contributed by atoms with van der Waals surface area (Å²) in [6, 6.07) is 2.60. The van der Waals surface area contributed by atoms with Crippen LogP contribution < -0.4 is 10.6 Å². The van der Waals surface area contributed by atoms with E-state index in [-0.39, 0.29) is 0 Å². The Morgan fingerprint density at radius 1 is 1.24 bits per heavy atom. The van der Waals surface area contributed by atoms with Crippen LogP contribution in [0.15, 0.2) is 12.4 Å². The summed E-state index contributed by atoms with van der Waals surface area (Å²) in [5.74, 6) is 2.48. The van der Waals surface area contributed by atoms with E-state index in [1.165, 1.54) is 25.7 Å². The van der Waals surface area contributed by atoms with E-state index >= 15 is 0 Å². The lowest BCUT2D eigenvalue weighted by Gasteiger charge is -2.13. The molecule has 17 heavy (non-hydrogen) atoms. The predicted molar refractivity (Wildman–Crippen MR) is 71.2 cm³/mol. The smallest absolute Gasteiger partial charge is 0.131 e. The number of hydrogen-bond acceptors (Lipinski definition) is 4. The van der Waals surface area contributed by atoms with Crippen LogP contribution in [0.1, 0.15) is 39.5 Å². The van der Waals surface area contributed by atoms with Gasteiger partial charge >= 0.3 is 0 Å². The maximum absolute atomic E-state index is 4.27. The van der Waals surface area contributed by atoms with Crippen LogP contribution in [0.25, 0.3) is 0 Å². The van der Waals surface area contributed by atoms with Gasteiger partial charge in [0.2, 0.25) is 0 Å². The highest BCUT2D eigenvalue weighted by Crippen LogP contribution is 2.21. The first-order valence-corrected chi connectivity index (χ1v) is 6.56. The van der Waals surface area contributed by atoms with Gasteiger partial charge < -0.3 is 10.6 Å². The maximum Gasteiger partial charge on any atom is 0.131 e. The number of nitrogens with zero attached hydrogens (tertiary/aromatic N) is 2. The average molecular weight is 234 g/mol. The first-order chi connectivity index (χ1) is 8.24. The third kappa shape index (κ3) is 3.88. The molecular formula is C13H22N4. The number of nitrogens with one attached hydrogen (secondary N) is 2. The van der Waals surface area contributed by atoms with Gasteiger partial charge in [0, 0.05) is 18.7 Å². The first kappa shape index (κ1) is 12.1. The molecule has 1 aliphatic rings. The molecule has 1 fully saturated rings. The van der Waals surface area contributed by atoms with Crippen molar-refractivity contribution in [2.24, 2.45) is 5.92 Å². The Morgan fingerprint density at radius 3 is 2.65 bits per heavy atom. The Bertz CT molecular complexity index is 345. The molecule has 0 aromatic carbocycles. The van der Waals surface area contributed by atoms with Crippen LogP contribution >= 0.6 is 0 Å². The second-order valence-electron chi connectivity index (χ2n) is 5.19. The SMILES string of the molecule is CC(C)CNc1cc(NC2CCCC2)ncn1. The summed E-state index contributed by atoms with van der Waals surface area (Å²) in [7, 11) is 0. The molecule has 4 nitrogen and oxygen atoms in total. The summed E-state index contributed by atoms with van der Waals surface area (Å²) in [5.41, 5.74) is 0. The van der Waals surface area contributed by atoms with Crippen LogP contribution in [0, 0.1) is 5.92 Å². The van der Waals surface area contributed by atoms with E-state index < -0.39 is 0 Å². The number of aromatic nitrogens is 2.